The van der Waals surface area contributed by atoms with Crippen LogP contribution in [0.15, 0.2) is 48.8 Å². The van der Waals surface area contributed by atoms with E-state index in [0.717, 1.165) is 11.3 Å². The number of nitrogens with zero attached hydrogens (tertiary/aromatic N) is 2. The highest BCUT2D eigenvalue weighted by Crippen LogP contribution is 2.31. The second-order valence-electron chi connectivity index (χ2n) is 4.11. The van der Waals surface area contributed by atoms with E-state index >= 15 is 0 Å². The van der Waals surface area contributed by atoms with Crippen molar-refractivity contribution in [1.29, 1.82) is 0 Å². The van der Waals surface area contributed by atoms with Gasteiger partial charge in [0.1, 0.15) is 0 Å². The van der Waals surface area contributed by atoms with E-state index in [1.165, 1.54) is 10.9 Å². The zero-order chi connectivity index (χ0) is 11.8. The van der Waals surface area contributed by atoms with Crippen molar-refractivity contribution in [2.24, 2.45) is 7.05 Å². The predicted molar refractivity (Wildman–Crippen MR) is 70.6 cm³/mol. The first kappa shape index (κ1) is 9.90. The van der Waals surface area contributed by atoms with Gasteiger partial charge in [0.15, 0.2) is 0 Å². The van der Waals surface area contributed by atoms with Gasteiger partial charge in [-0.1, -0.05) is 18.2 Å². The molecule has 84 valence electrons. The molecule has 0 aliphatic heterocycles. The van der Waals surface area contributed by atoms with E-state index in [-0.39, 0.29) is 0 Å². The van der Waals surface area contributed by atoms with Crippen molar-refractivity contribution >= 4 is 16.6 Å². The SMILES string of the molecule is Cn1cc(-c2ncccc2N)c2ccccc21. The lowest BCUT2D eigenvalue weighted by atomic mass is 10.1. The number of nitrogens with two attached hydrogens (primary N) is 1. The summed E-state index contributed by atoms with van der Waals surface area (Å²) in [4.78, 5) is 4.37. The molecule has 0 aliphatic carbocycles. The standard InChI is InChI=1S/C14H13N3/c1-17-9-11(10-5-2-3-7-13(10)17)14-12(15)6-4-8-16-14/h2-9H,15H2,1H3. The van der Waals surface area contributed by atoms with Gasteiger partial charge >= 0.3 is 0 Å². The maximum absolute atomic E-state index is 5.98. The van der Waals surface area contributed by atoms with Gasteiger partial charge in [0, 0.05) is 35.9 Å². The van der Waals surface area contributed by atoms with Crippen LogP contribution in [0.1, 0.15) is 0 Å². The molecule has 2 N–H and O–H groups in total. The van der Waals surface area contributed by atoms with Gasteiger partial charge in [-0.05, 0) is 18.2 Å². The number of fused-ring (bicyclic) bond motifs is 1. The molecular weight excluding hydrogens is 210 g/mol. The van der Waals surface area contributed by atoms with E-state index in [1.807, 2.05) is 31.3 Å². The first-order valence-electron chi connectivity index (χ1n) is 5.52. The number of rotatable bonds is 1. The number of hydrogen-bond donors (Lipinski definition) is 1. The second-order valence-corrected chi connectivity index (χ2v) is 4.11. The summed E-state index contributed by atoms with van der Waals surface area (Å²) in [5.41, 5.74) is 9.82. The fraction of sp³-hybridized carbons (Fsp3) is 0.0714. The summed E-state index contributed by atoms with van der Waals surface area (Å²) in [7, 11) is 2.03. The van der Waals surface area contributed by atoms with E-state index in [0.29, 0.717) is 5.69 Å². The van der Waals surface area contributed by atoms with E-state index in [2.05, 4.69) is 27.9 Å². The summed E-state index contributed by atoms with van der Waals surface area (Å²) in [5, 5.41) is 1.18. The summed E-state index contributed by atoms with van der Waals surface area (Å²) in [6, 6.07) is 12.0. The Hall–Kier alpha value is -2.29. The summed E-state index contributed by atoms with van der Waals surface area (Å²) < 4.78 is 2.10. The van der Waals surface area contributed by atoms with Crippen LogP contribution in [0.4, 0.5) is 5.69 Å². The smallest absolute Gasteiger partial charge is 0.0952 e. The molecular formula is C14H13N3. The van der Waals surface area contributed by atoms with Crippen LogP contribution < -0.4 is 5.73 Å². The van der Waals surface area contributed by atoms with E-state index in [9.17, 15) is 0 Å². The number of para-hydroxylation sites is 1. The predicted octanol–water partition coefficient (Wildman–Crippen LogP) is 2.82. The molecule has 17 heavy (non-hydrogen) atoms. The Labute approximate surface area is 99.5 Å². The zero-order valence-electron chi connectivity index (χ0n) is 9.59. The molecule has 0 saturated carbocycles. The van der Waals surface area contributed by atoms with Crippen molar-refractivity contribution in [2.75, 3.05) is 5.73 Å². The number of nitrogen functional groups attached to an aromatic ring is 1. The molecule has 0 fully saturated rings. The topological polar surface area (TPSA) is 43.8 Å². The Morgan fingerprint density at radius 1 is 1.12 bits per heavy atom. The van der Waals surface area contributed by atoms with Crippen LogP contribution >= 0.6 is 0 Å². The Balaban J connectivity index is 2.35. The molecule has 0 radical (unpaired) electrons. The lowest BCUT2D eigenvalue weighted by molar-refractivity contribution is 0.969. The van der Waals surface area contributed by atoms with E-state index in [4.69, 9.17) is 5.73 Å². The molecule has 3 aromatic rings. The zero-order valence-corrected chi connectivity index (χ0v) is 9.59. The van der Waals surface area contributed by atoms with Crippen molar-refractivity contribution < 1.29 is 0 Å². The van der Waals surface area contributed by atoms with Gasteiger partial charge in [0.2, 0.25) is 0 Å². The lowest BCUT2D eigenvalue weighted by Gasteiger charge is -2.01. The minimum absolute atomic E-state index is 0.712. The van der Waals surface area contributed by atoms with Gasteiger partial charge in [-0.15, -0.1) is 0 Å². The molecule has 0 bridgehead atoms. The van der Waals surface area contributed by atoms with Crippen LogP contribution in [0.2, 0.25) is 0 Å². The van der Waals surface area contributed by atoms with E-state index < -0.39 is 0 Å². The molecule has 0 unspecified atom stereocenters. The molecule has 3 heteroatoms. The van der Waals surface area contributed by atoms with Gasteiger partial charge < -0.3 is 10.3 Å². The van der Waals surface area contributed by atoms with Gasteiger partial charge in [-0.3, -0.25) is 4.98 Å². The third-order valence-corrected chi connectivity index (χ3v) is 2.99. The number of anilines is 1. The van der Waals surface area contributed by atoms with E-state index in [1.54, 1.807) is 6.20 Å². The molecule has 0 aliphatic rings. The van der Waals surface area contributed by atoms with Crippen molar-refractivity contribution in [2.45, 2.75) is 0 Å². The summed E-state index contributed by atoms with van der Waals surface area (Å²) in [6.07, 6.45) is 3.84. The Bertz CT molecular complexity index is 683. The molecule has 3 nitrogen and oxygen atoms in total. The minimum atomic E-state index is 0.712. The number of aromatic nitrogens is 2. The Morgan fingerprint density at radius 3 is 2.76 bits per heavy atom. The highest BCUT2D eigenvalue weighted by Gasteiger charge is 2.10. The van der Waals surface area contributed by atoms with Crippen molar-refractivity contribution in [3.8, 4) is 11.3 Å². The number of pyridine rings is 1. The van der Waals surface area contributed by atoms with Gasteiger partial charge in [0.25, 0.3) is 0 Å². The molecule has 0 saturated heterocycles. The molecule has 0 spiro atoms. The summed E-state index contributed by atoms with van der Waals surface area (Å²) in [5.74, 6) is 0. The summed E-state index contributed by atoms with van der Waals surface area (Å²) in [6.45, 7) is 0. The van der Waals surface area contributed by atoms with Crippen LogP contribution in [0.3, 0.4) is 0 Å². The third-order valence-electron chi connectivity index (χ3n) is 2.99. The lowest BCUT2D eigenvalue weighted by Crippen LogP contribution is -1.91. The Morgan fingerprint density at radius 2 is 1.94 bits per heavy atom. The number of aryl methyl sites for hydroxylation is 1. The number of hydrogen-bond acceptors (Lipinski definition) is 2. The second kappa shape index (κ2) is 3.63. The molecule has 2 aromatic heterocycles. The Kier molecular flexibility index (Phi) is 2.11. The van der Waals surface area contributed by atoms with Crippen LogP contribution in [-0.2, 0) is 7.05 Å². The van der Waals surface area contributed by atoms with Gasteiger partial charge in [-0.2, -0.15) is 0 Å². The van der Waals surface area contributed by atoms with Gasteiger partial charge in [-0.25, -0.2) is 0 Å². The first-order valence-corrected chi connectivity index (χ1v) is 5.52. The highest BCUT2D eigenvalue weighted by atomic mass is 14.9. The van der Waals surface area contributed by atoms with Gasteiger partial charge in [0.05, 0.1) is 11.4 Å². The van der Waals surface area contributed by atoms with Crippen LogP contribution in [0.5, 0.6) is 0 Å². The quantitative estimate of drug-likeness (QED) is 0.689. The third kappa shape index (κ3) is 1.47. The number of benzene rings is 1. The largest absolute Gasteiger partial charge is 0.397 e. The van der Waals surface area contributed by atoms with Crippen molar-refractivity contribution in [3.05, 3.63) is 48.8 Å². The maximum Gasteiger partial charge on any atom is 0.0952 e. The minimum Gasteiger partial charge on any atom is -0.397 e. The molecule has 0 atom stereocenters. The van der Waals surface area contributed by atoms with Crippen molar-refractivity contribution in [3.63, 3.8) is 0 Å². The first-order chi connectivity index (χ1) is 8.27. The average Bonchev–Trinajstić information content (AvgIpc) is 2.68. The fourth-order valence-corrected chi connectivity index (χ4v) is 2.17. The van der Waals surface area contributed by atoms with Crippen LogP contribution in [0, 0.1) is 0 Å². The fourth-order valence-electron chi connectivity index (χ4n) is 2.17. The monoisotopic (exact) mass is 223 g/mol. The molecule has 3 rings (SSSR count). The van der Waals surface area contributed by atoms with Crippen molar-refractivity contribution in [1.82, 2.24) is 9.55 Å². The molecule has 2 heterocycles. The maximum atomic E-state index is 5.98. The average molecular weight is 223 g/mol. The van der Waals surface area contributed by atoms with Crippen LogP contribution in [0.25, 0.3) is 22.2 Å². The molecule has 1 aromatic carbocycles. The summed E-state index contributed by atoms with van der Waals surface area (Å²) >= 11 is 0. The normalized spacial score (nSPS) is 10.9. The van der Waals surface area contributed by atoms with Crippen LogP contribution in [-0.4, -0.2) is 9.55 Å². The molecule has 0 amide bonds. The highest BCUT2D eigenvalue weighted by molar-refractivity contribution is 5.97.